The second-order valence-corrected chi connectivity index (χ2v) is 19.8. The highest BCUT2D eigenvalue weighted by Gasteiger charge is 2.51. The highest BCUT2D eigenvalue weighted by molar-refractivity contribution is 7.47. The number of hydrogen-bond donors (Lipinski definition) is 9. The van der Waals surface area contributed by atoms with Crippen LogP contribution in [0.4, 0.5) is 0 Å². The molecule has 0 aromatic rings. The molecule has 2 aliphatic rings. The van der Waals surface area contributed by atoms with Crippen molar-refractivity contribution in [2.75, 3.05) is 13.2 Å². The fourth-order valence-corrected chi connectivity index (χ4v) is 9.16. The van der Waals surface area contributed by atoms with Gasteiger partial charge in [-0.25, -0.2) is 9.13 Å². The maximum atomic E-state index is 13.9. The monoisotopic (exact) mass is 1010 g/mol. The summed E-state index contributed by atoms with van der Waals surface area (Å²) in [5.41, 5.74) is 0. The number of carbonyl (C=O) groups excluding carboxylic acids is 3. The molecule has 1 fully saturated rings. The zero-order valence-corrected chi connectivity index (χ0v) is 41.3. The number of rotatable bonds is 22. The molecule has 2 rings (SSSR count). The number of carbonyl (C=O) groups is 3. The van der Waals surface area contributed by atoms with Crippen LogP contribution >= 0.6 is 15.6 Å². The van der Waals surface area contributed by atoms with E-state index >= 15 is 0 Å². The lowest BCUT2D eigenvalue weighted by Crippen LogP contribution is -2.56. The van der Waals surface area contributed by atoms with Crippen LogP contribution < -0.4 is 0 Å². The number of esters is 2. The number of phosphoric acid groups is 2. The third-order valence-electron chi connectivity index (χ3n) is 11.4. The molecule has 9 N–H and O–H groups in total. The maximum Gasteiger partial charge on any atom is 0.472 e. The molecule has 12 atom stereocenters. The zero-order valence-electron chi connectivity index (χ0n) is 39.5. The quantitative estimate of drug-likeness (QED) is 0.0274. The predicted octanol–water partition coefficient (Wildman–Crippen LogP) is 5.65. The van der Waals surface area contributed by atoms with Crippen LogP contribution in [0.15, 0.2) is 60.8 Å². The van der Waals surface area contributed by atoms with Crippen LogP contribution in [0.1, 0.15) is 136 Å². The minimum atomic E-state index is -5.80. The van der Waals surface area contributed by atoms with Crippen molar-refractivity contribution in [1.82, 2.24) is 0 Å². The molecule has 1 aliphatic carbocycles. The van der Waals surface area contributed by atoms with E-state index in [1.807, 2.05) is 6.92 Å². The van der Waals surface area contributed by atoms with Crippen molar-refractivity contribution in [3.8, 4) is 0 Å². The molecule has 0 spiro atoms. The highest BCUT2D eigenvalue weighted by atomic mass is 31.2. The van der Waals surface area contributed by atoms with Crippen LogP contribution in [0.2, 0.25) is 0 Å². The summed E-state index contributed by atoms with van der Waals surface area (Å²) in [6, 6.07) is 0. The summed E-state index contributed by atoms with van der Waals surface area (Å²) in [7, 11) is -11.5. The van der Waals surface area contributed by atoms with E-state index < -0.39 is 120 Å². The molecule has 2 bridgehead atoms. The molecule has 1 aliphatic heterocycles. The number of aliphatic hydroxyl groups excluding tert-OH is 6. The summed E-state index contributed by atoms with van der Waals surface area (Å²) in [6.07, 6.45) is 7.55. The third-order valence-corrected chi connectivity index (χ3v) is 13.0. The highest BCUT2D eigenvalue weighted by Crippen LogP contribution is 2.49. The first-order chi connectivity index (χ1) is 32.3. The molecule has 1 saturated carbocycles. The number of cyclic esters (lactones) is 1. The Balaban J connectivity index is 2.37. The van der Waals surface area contributed by atoms with Gasteiger partial charge in [0.2, 0.25) is 0 Å². The van der Waals surface area contributed by atoms with Gasteiger partial charge in [0.1, 0.15) is 36.8 Å². The summed E-state index contributed by atoms with van der Waals surface area (Å²) < 4.78 is 52.1. The summed E-state index contributed by atoms with van der Waals surface area (Å²) >= 11 is 0. The van der Waals surface area contributed by atoms with Crippen molar-refractivity contribution >= 4 is 33.4 Å². The van der Waals surface area contributed by atoms with E-state index in [4.69, 9.17) is 23.0 Å². The van der Waals surface area contributed by atoms with E-state index in [0.717, 1.165) is 69.9 Å². The molecule has 0 aromatic heterocycles. The standard InChI is InChI=1S/C47H78O19P2/c1-3-5-7-8-9-10-11-12-13-14-15-16-17-18-24-28-41(52)64-35-32-62-40(51)27-23-20-19-22-26-36-38(49)31-39(50)37(30-29-34(48)25-21-6-4-2)43(54)46(65-67(57,58)59)47(45(56)44(55)42(36)53)66-68(60,61)63-33-35/h5,7,9-10,12-13,19,22,29-30,34-38,42-49,53-56H,3-4,6,8,11,14-18,20-21,23-28,31-33H2,1-2H3,(H,60,61)(H2,57,58,59)/b7-5-,10-9-,13-12-,22-19-,30-29+/t34-,35+,36-,37-,38-,42+,43+,44-,45+,46+,47-/m0/s1. The molecule has 0 saturated heterocycles. The Morgan fingerprint density at radius 3 is 2.24 bits per heavy atom. The average molecular weight is 1010 g/mol. The van der Waals surface area contributed by atoms with Gasteiger partial charge in [0.05, 0.1) is 36.9 Å². The lowest BCUT2D eigenvalue weighted by molar-refractivity contribution is -0.165. The van der Waals surface area contributed by atoms with Crippen LogP contribution in [-0.2, 0) is 46.6 Å². The normalized spacial score (nSPS) is 31.2. The van der Waals surface area contributed by atoms with Crippen LogP contribution in [0.5, 0.6) is 0 Å². The van der Waals surface area contributed by atoms with Gasteiger partial charge in [-0.15, -0.1) is 0 Å². The molecular weight excluding hydrogens is 930 g/mol. The van der Waals surface area contributed by atoms with Crippen LogP contribution in [0.3, 0.4) is 0 Å². The lowest BCUT2D eigenvalue weighted by Gasteiger charge is -2.38. The first-order valence-electron chi connectivity index (χ1n) is 23.9. The number of Topliss-reactive ketones (excluding diaryl/α,β-unsaturated/α-hetero) is 1. The van der Waals surface area contributed by atoms with Crippen LogP contribution in [0.25, 0.3) is 0 Å². The third kappa shape index (κ3) is 25.4. The fraction of sp³-hybridized carbons (Fsp3) is 0.723. The molecule has 0 radical (unpaired) electrons. The van der Waals surface area contributed by atoms with Gasteiger partial charge >= 0.3 is 27.6 Å². The number of ketones is 1. The number of aliphatic hydroxyl groups is 6. The molecule has 21 heteroatoms. The Morgan fingerprint density at radius 1 is 0.868 bits per heavy atom. The minimum Gasteiger partial charge on any atom is -0.462 e. The van der Waals surface area contributed by atoms with Gasteiger partial charge in [-0.2, -0.15) is 0 Å². The van der Waals surface area contributed by atoms with Gasteiger partial charge in [0, 0.05) is 25.2 Å². The van der Waals surface area contributed by atoms with Crippen molar-refractivity contribution in [1.29, 1.82) is 0 Å². The summed E-state index contributed by atoms with van der Waals surface area (Å²) in [5, 5.41) is 68.0. The molecule has 68 heavy (non-hydrogen) atoms. The number of unbranched alkanes of at least 4 members (excludes halogenated alkanes) is 7. The average Bonchev–Trinajstić information content (AvgIpc) is 3.28. The second-order valence-electron chi connectivity index (χ2n) is 17.2. The summed E-state index contributed by atoms with van der Waals surface area (Å²) in [5.74, 6) is -5.84. The van der Waals surface area contributed by atoms with Crippen molar-refractivity contribution in [2.24, 2.45) is 11.8 Å². The second kappa shape index (κ2) is 33.8. The van der Waals surface area contributed by atoms with Crippen molar-refractivity contribution in [3.63, 3.8) is 0 Å². The van der Waals surface area contributed by atoms with Crippen molar-refractivity contribution in [2.45, 2.75) is 191 Å². The number of ether oxygens (including phenoxy) is 2. The van der Waals surface area contributed by atoms with E-state index in [1.165, 1.54) is 6.08 Å². The molecule has 1 heterocycles. The fourth-order valence-electron chi connectivity index (χ4n) is 7.63. The van der Waals surface area contributed by atoms with E-state index in [9.17, 15) is 68.8 Å². The van der Waals surface area contributed by atoms with E-state index in [-0.39, 0.29) is 38.5 Å². The SMILES string of the molecule is CC/C=C\C/C=C\C/C=C\CCCCCCCC(=O)O[C@@H]1COC(=O)CCC/C=C\C[C@@H]2[C@@H](O)[C@H](O)[C@@H](O)[C@H](OP(=O)(O)OC1)[C@H](OP(=O)(O)O)[C@H](O)[C@@H](/C=C/[C@@H](O)CCCCC)C(=O)C[C@@H]2O. The Morgan fingerprint density at radius 2 is 1.54 bits per heavy atom. The van der Waals surface area contributed by atoms with Crippen molar-refractivity contribution < 1.29 is 91.9 Å². The van der Waals surface area contributed by atoms with Gasteiger partial charge in [-0.1, -0.05) is 113 Å². The van der Waals surface area contributed by atoms with Gasteiger partial charge in [-0.3, -0.25) is 28.0 Å². The van der Waals surface area contributed by atoms with E-state index in [2.05, 4.69) is 43.4 Å². The Kier molecular flexibility index (Phi) is 30.5. The minimum absolute atomic E-state index is 0.0582. The smallest absolute Gasteiger partial charge is 0.462 e. The molecule has 0 amide bonds. The Labute approximate surface area is 400 Å². The van der Waals surface area contributed by atoms with Gasteiger partial charge < -0.3 is 54.8 Å². The van der Waals surface area contributed by atoms with Gasteiger partial charge in [0.25, 0.3) is 0 Å². The lowest BCUT2D eigenvalue weighted by atomic mass is 9.83. The van der Waals surface area contributed by atoms with Crippen LogP contribution in [-0.4, -0.2) is 131 Å². The molecular formula is C47H78O19P2. The Bertz CT molecular complexity index is 1710. The number of allylic oxidation sites excluding steroid dienone is 8. The van der Waals surface area contributed by atoms with Gasteiger partial charge in [-0.05, 0) is 64.2 Å². The zero-order chi connectivity index (χ0) is 50.5. The maximum absolute atomic E-state index is 13.9. The number of hydrogen-bond acceptors (Lipinski definition) is 16. The first kappa shape index (κ1) is 61.4. The van der Waals surface area contributed by atoms with Crippen molar-refractivity contribution in [3.05, 3.63) is 60.8 Å². The topological polar surface area (TPSA) is 314 Å². The molecule has 1 unspecified atom stereocenters. The molecule has 0 aromatic carbocycles. The summed E-state index contributed by atoms with van der Waals surface area (Å²) in [4.78, 5) is 70.6. The van der Waals surface area contributed by atoms with E-state index in [0.29, 0.717) is 19.3 Å². The summed E-state index contributed by atoms with van der Waals surface area (Å²) in [6.45, 7) is 2.39. The van der Waals surface area contributed by atoms with Gasteiger partial charge in [0.15, 0.2) is 6.10 Å². The van der Waals surface area contributed by atoms with E-state index in [1.54, 1.807) is 6.08 Å². The predicted molar refractivity (Wildman–Crippen MR) is 251 cm³/mol. The Hall–Kier alpha value is -2.71. The largest absolute Gasteiger partial charge is 0.472 e. The number of phosphoric ester groups is 2. The molecule has 390 valence electrons. The first-order valence-corrected chi connectivity index (χ1v) is 27.0. The van der Waals surface area contributed by atoms with Crippen LogP contribution in [0, 0.1) is 11.8 Å². The number of fused-ring (bicyclic) bond motifs is 4. The molecule has 19 nitrogen and oxygen atoms in total.